The Labute approximate surface area is 170 Å². The van der Waals surface area contributed by atoms with Crippen molar-refractivity contribution in [2.45, 2.75) is 78.4 Å². The van der Waals surface area contributed by atoms with Crippen LogP contribution in [0.3, 0.4) is 0 Å². The van der Waals surface area contributed by atoms with Crippen molar-refractivity contribution >= 4 is 29.9 Å². The number of aliphatic imine (C=N–C) groups is 1. The van der Waals surface area contributed by atoms with Gasteiger partial charge in [0.05, 0.1) is 6.54 Å². The van der Waals surface area contributed by atoms with Crippen LogP contribution in [0, 0.1) is 11.8 Å². The Kier molecular flexibility index (Phi) is 10.5. The maximum Gasteiger partial charge on any atom is 0.191 e. The molecule has 1 aliphatic carbocycles. The molecule has 0 aromatic carbocycles. The molecule has 0 aliphatic heterocycles. The fourth-order valence-electron chi connectivity index (χ4n) is 3.62. The van der Waals surface area contributed by atoms with E-state index in [2.05, 4.69) is 52.1 Å². The summed E-state index contributed by atoms with van der Waals surface area (Å²) in [6, 6.07) is 0.555. The number of hydrogen-bond acceptors (Lipinski definition) is 2. The molecule has 0 spiro atoms. The molecule has 144 valence electrons. The van der Waals surface area contributed by atoms with Crippen LogP contribution < -0.4 is 10.6 Å². The van der Waals surface area contributed by atoms with Gasteiger partial charge >= 0.3 is 0 Å². The summed E-state index contributed by atoms with van der Waals surface area (Å²) in [5.74, 6) is 3.52. The SMILES string of the molecule is CCCC1CCC(NC(=NC)NCc2nccn2CC(C)C)CC1.I. The third kappa shape index (κ3) is 7.54. The third-order valence-corrected chi connectivity index (χ3v) is 4.89. The lowest BCUT2D eigenvalue weighted by atomic mass is 9.83. The highest BCUT2D eigenvalue weighted by Gasteiger charge is 2.21. The molecule has 1 saturated carbocycles. The predicted octanol–water partition coefficient (Wildman–Crippen LogP) is 4.18. The molecular weight excluding hydrogens is 425 g/mol. The van der Waals surface area contributed by atoms with Crippen LogP contribution in [0.25, 0.3) is 0 Å². The molecule has 6 heteroatoms. The number of rotatable bonds is 7. The van der Waals surface area contributed by atoms with Gasteiger partial charge < -0.3 is 15.2 Å². The first-order chi connectivity index (χ1) is 11.6. The molecule has 0 bridgehead atoms. The topological polar surface area (TPSA) is 54.2 Å². The lowest BCUT2D eigenvalue weighted by Crippen LogP contribution is -2.44. The van der Waals surface area contributed by atoms with Gasteiger partial charge in [-0.3, -0.25) is 4.99 Å². The molecule has 0 saturated heterocycles. The van der Waals surface area contributed by atoms with Gasteiger partial charge in [-0.25, -0.2) is 4.98 Å². The van der Waals surface area contributed by atoms with Gasteiger partial charge in [0.15, 0.2) is 5.96 Å². The van der Waals surface area contributed by atoms with Crippen molar-refractivity contribution in [3.8, 4) is 0 Å². The normalized spacial score (nSPS) is 21.1. The maximum absolute atomic E-state index is 4.47. The maximum atomic E-state index is 4.47. The molecular formula is C19H36IN5. The van der Waals surface area contributed by atoms with E-state index >= 15 is 0 Å². The number of nitrogens with zero attached hydrogens (tertiary/aromatic N) is 3. The molecule has 1 aliphatic rings. The fourth-order valence-corrected chi connectivity index (χ4v) is 3.62. The van der Waals surface area contributed by atoms with Crippen molar-refractivity contribution < 1.29 is 0 Å². The second-order valence-corrected chi connectivity index (χ2v) is 7.47. The van der Waals surface area contributed by atoms with Gasteiger partial charge in [0.1, 0.15) is 5.82 Å². The van der Waals surface area contributed by atoms with Crippen molar-refractivity contribution in [3.63, 3.8) is 0 Å². The van der Waals surface area contributed by atoms with Crippen LogP contribution in [0.2, 0.25) is 0 Å². The van der Waals surface area contributed by atoms with Crippen LogP contribution in [0.5, 0.6) is 0 Å². The molecule has 2 N–H and O–H groups in total. The zero-order chi connectivity index (χ0) is 17.4. The Balaban J connectivity index is 0.00000312. The van der Waals surface area contributed by atoms with Gasteiger partial charge in [-0.1, -0.05) is 33.6 Å². The minimum absolute atomic E-state index is 0. The molecule has 0 unspecified atom stereocenters. The predicted molar refractivity (Wildman–Crippen MR) is 116 cm³/mol. The molecule has 1 aromatic rings. The Hall–Kier alpha value is -0.790. The molecule has 0 radical (unpaired) electrons. The van der Waals surface area contributed by atoms with Crippen LogP contribution >= 0.6 is 24.0 Å². The molecule has 1 heterocycles. The molecule has 25 heavy (non-hydrogen) atoms. The van der Waals surface area contributed by atoms with Crippen molar-refractivity contribution in [2.75, 3.05) is 7.05 Å². The number of guanidine groups is 1. The summed E-state index contributed by atoms with van der Waals surface area (Å²) in [5, 5.41) is 7.02. The van der Waals surface area contributed by atoms with E-state index in [1.807, 2.05) is 13.2 Å². The summed E-state index contributed by atoms with van der Waals surface area (Å²) < 4.78 is 2.22. The van der Waals surface area contributed by atoms with E-state index < -0.39 is 0 Å². The van der Waals surface area contributed by atoms with Crippen LogP contribution in [0.15, 0.2) is 17.4 Å². The van der Waals surface area contributed by atoms with E-state index in [-0.39, 0.29) is 24.0 Å². The van der Waals surface area contributed by atoms with Crippen molar-refractivity contribution in [3.05, 3.63) is 18.2 Å². The smallest absolute Gasteiger partial charge is 0.191 e. The van der Waals surface area contributed by atoms with Crippen LogP contribution in [0.4, 0.5) is 0 Å². The Bertz CT molecular complexity index is 504. The summed E-state index contributed by atoms with van der Waals surface area (Å²) in [5.41, 5.74) is 0. The molecule has 5 nitrogen and oxygen atoms in total. The number of halogens is 1. The van der Waals surface area contributed by atoms with Gasteiger partial charge in [-0.15, -0.1) is 24.0 Å². The van der Waals surface area contributed by atoms with Gasteiger partial charge in [0.25, 0.3) is 0 Å². The van der Waals surface area contributed by atoms with Crippen LogP contribution in [-0.4, -0.2) is 28.6 Å². The highest BCUT2D eigenvalue weighted by molar-refractivity contribution is 14.0. The largest absolute Gasteiger partial charge is 0.354 e. The monoisotopic (exact) mass is 461 g/mol. The van der Waals surface area contributed by atoms with E-state index in [4.69, 9.17) is 0 Å². The minimum atomic E-state index is 0. The second-order valence-electron chi connectivity index (χ2n) is 7.47. The fraction of sp³-hybridized carbons (Fsp3) is 0.789. The number of hydrogen-bond donors (Lipinski definition) is 2. The average molecular weight is 461 g/mol. The van der Waals surface area contributed by atoms with E-state index in [1.54, 1.807) is 0 Å². The first kappa shape index (κ1) is 22.3. The quantitative estimate of drug-likeness (QED) is 0.364. The van der Waals surface area contributed by atoms with E-state index in [1.165, 1.54) is 38.5 Å². The van der Waals surface area contributed by atoms with Gasteiger partial charge in [-0.05, 0) is 37.5 Å². The lowest BCUT2D eigenvalue weighted by molar-refractivity contribution is 0.295. The highest BCUT2D eigenvalue weighted by Crippen LogP contribution is 2.27. The molecule has 2 rings (SSSR count). The summed E-state index contributed by atoms with van der Waals surface area (Å²) in [6.07, 6.45) is 11.9. The van der Waals surface area contributed by atoms with E-state index in [9.17, 15) is 0 Å². The molecule has 0 atom stereocenters. The van der Waals surface area contributed by atoms with Gasteiger partial charge in [0, 0.05) is 32.0 Å². The van der Waals surface area contributed by atoms with Crippen molar-refractivity contribution in [2.24, 2.45) is 16.8 Å². The number of aromatic nitrogens is 2. The third-order valence-electron chi connectivity index (χ3n) is 4.89. The Morgan fingerprint density at radius 1 is 1.32 bits per heavy atom. The van der Waals surface area contributed by atoms with Crippen LogP contribution in [-0.2, 0) is 13.1 Å². The molecule has 1 fully saturated rings. The second kappa shape index (κ2) is 11.8. The summed E-state index contributed by atoms with van der Waals surface area (Å²) in [4.78, 5) is 8.86. The van der Waals surface area contributed by atoms with E-state index in [0.29, 0.717) is 18.5 Å². The van der Waals surface area contributed by atoms with E-state index in [0.717, 1.165) is 24.2 Å². The number of imidazole rings is 1. The molecule has 0 amide bonds. The van der Waals surface area contributed by atoms with Gasteiger partial charge in [-0.2, -0.15) is 0 Å². The zero-order valence-electron chi connectivity index (χ0n) is 16.3. The first-order valence-corrected chi connectivity index (χ1v) is 9.59. The Morgan fingerprint density at radius 2 is 2.04 bits per heavy atom. The highest BCUT2D eigenvalue weighted by atomic mass is 127. The zero-order valence-corrected chi connectivity index (χ0v) is 18.6. The summed E-state index contributed by atoms with van der Waals surface area (Å²) in [7, 11) is 1.85. The van der Waals surface area contributed by atoms with Crippen molar-refractivity contribution in [1.29, 1.82) is 0 Å². The molecule has 1 aromatic heterocycles. The first-order valence-electron chi connectivity index (χ1n) is 9.59. The van der Waals surface area contributed by atoms with Gasteiger partial charge in [0.2, 0.25) is 0 Å². The Morgan fingerprint density at radius 3 is 2.64 bits per heavy atom. The number of nitrogens with one attached hydrogen (secondary N) is 2. The lowest BCUT2D eigenvalue weighted by Gasteiger charge is -2.30. The summed E-state index contributed by atoms with van der Waals surface area (Å²) in [6.45, 7) is 8.47. The average Bonchev–Trinajstić information content (AvgIpc) is 2.99. The summed E-state index contributed by atoms with van der Waals surface area (Å²) >= 11 is 0. The van der Waals surface area contributed by atoms with Crippen LogP contribution in [0.1, 0.15) is 65.1 Å². The van der Waals surface area contributed by atoms with Crippen molar-refractivity contribution in [1.82, 2.24) is 20.2 Å². The standard InChI is InChI=1S/C19H35N5.HI/c1-5-6-16-7-9-17(10-8-16)23-19(20-4)22-13-18-21-11-12-24(18)14-15(2)3;/h11-12,15-17H,5-10,13-14H2,1-4H3,(H2,20,22,23);1H. The minimum Gasteiger partial charge on any atom is -0.354 e.